The van der Waals surface area contributed by atoms with Crippen molar-refractivity contribution in [1.29, 1.82) is 0 Å². The highest BCUT2D eigenvalue weighted by molar-refractivity contribution is 9.10. The maximum Gasteiger partial charge on any atom is 0.0648 e. The van der Waals surface area contributed by atoms with E-state index >= 15 is 0 Å². The van der Waals surface area contributed by atoms with Crippen molar-refractivity contribution < 1.29 is 5.11 Å². The van der Waals surface area contributed by atoms with Crippen molar-refractivity contribution in [2.45, 2.75) is 49.5 Å². The van der Waals surface area contributed by atoms with Gasteiger partial charge in [-0.05, 0) is 61.6 Å². The minimum atomic E-state index is -0.326. The molecule has 3 aliphatic carbocycles. The van der Waals surface area contributed by atoms with E-state index in [0.717, 1.165) is 38.5 Å². The van der Waals surface area contributed by atoms with Gasteiger partial charge in [0.15, 0.2) is 0 Å². The van der Waals surface area contributed by atoms with Crippen LogP contribution in [0.3, 0.4) is 0 Å². The van der Waals surface area contributed by atoms with Gasteiger partial charge in [-0.1, -0.05) is 28.1 Å². The molecule has 2 heteroatoms. The van der Waals surface area contributed by atoms with Crippen LogP contribution in [0.5, 0.6) is 0 Å². The van der Waals surface area contributed by atoms with Crippen LogP contribution in [0.25, 0.3) is 0 Å². The minimum absolute atomic E-state index is 0.326. The van der Waals surface area contributed by atoms with E-state index in [-0.39, 0.29) is 5.60 Å². The van der Waals surface area contributed by atoms with Crippen molar-refractivity contribution in [2.24, 2.45) is 0 Å². The van der Waals surface area contributed by atoms with Crippen molar-refractivity contribution in [3.8, 4) is 0 Å². The third kappa shape index (κ3) is 1.63. The Kier molecular flexibility index (Phi) is 2.41. The van der Waals surface area contributed by atoms with Crippen molar-refractivity contribution in [3.05, 3.63) is 34.3 Å². The lowest BCUT2D eigenvalue weighted by molar-refractivity contribution is -0.0660. The van der Waals surface area contributed by atoms with Crippen LogP contribution in [0.15, 0.2) is 28.7 Å². The highest BCUT2D eigenvalue weighted by Gasteiger charge is 2.48. The first kappa shape index (κ1) is 10.8. The van der Waals surface area contributed by atoms with Gasteiger partial charge in [-0.25, -0.2) is 0 Å². The highest BCUT2D eigenvalue weighted by Crippen LogP contribution is 2.53. The molecule has 86 valence electrons. The molecule has 0 atom stereocenters. The maximum absolute atomic E-state index is 10.2. The topological polar surface area (TPSA) is 20.2 Å². The van der Waals surface area contributed by atoms with Crippen LogP contribution in [-0.2, 0) is 5.41 Å². The Bertz CT molecular complexity index is 388. The molecule has 0 saturated heterocycles. The zero-order chi connectivity index (χ0) is 11.2. The SMILES string of the molecule is OC12CCC(c3cccc(Br)c3)(CC1)CC2. The number of fused-ring (bicyclic) bond motifs is 3. The Hall–Kier alpha value is -0.340. The lowest BCUT2D eigenvalue weighted by atomic mass is 9.56. The Morgan fingerprint density at radius 1 is 1.00 bits per heavy atom. The first-order valence-corrected chi connectivity index (χ1v) is 6.90. The van der Waals surface area contributed by atoms with E-state index < -0.39 is 0 Å². The van der Waals surface area contributed by atoms with Gasteiger partial charge in [0.1, 0.15) is 0 Å². The first-order valence-electron chi connectivity index (χ1n) is 6.11. The van der Waals surface area contributed by atoms with Crippen molar-refractivity contribution in [2.75, 3.05) is 0 Å². The smallest absolute Gasteiger partial charge is 0.0648 e. The van der Waals surface area contributed by atoms with Crippen LogP contribution in [-0.4, -0.2) is 10.7 Å². The zero-order valence-electron chi connectivity index (χ0n) is 9.38. The molecule has 0 aliphatic heterocycles. The van der Waals surface area contributed by atoms with Crippen molar-refractivity contribution in [1.82, 2.24) is 0 Å². The van der Waals surface area contributed by atoms with Gasteiger partial charge in [0.2, 0.25) is 0 Å². The monoisotopic (exact) mass is 280 g/mol. The molecule has 0 aromatic heterocycles. The number of hydrogen-bond acceptors (Lipinski definition) is 1. The quantitative estimate of drug-likeness (QED) is 0.830. The molecular formula is C14H17BrO. The van der Waals surface area contributed by atoms with Crippen LogP contribution in [0.1, 0.15) is 44.1 Å². The Labute approximate surface area is 105 Å². The molecule has 16 heavy (non-hydrogen) atoms. The van der Waals surface area contributed by atoms with E-state index in [4.69, 9.17) is 0 Å². The first-order chi connectivity index (χ1) is 7.62. The molecule has 0 amide bonds. The normalized spacial score (nSPS) is 37.6. The second-order valence-corrected chi connectivity index (χ2v) is 6.43. The Morgan fingerprint density at radius 3 is 2.19 bits per heavy atom. The molecule has 3 fully saturated rings. The number of halogens is 1. The molecular weight excluding hydrogens is 264 g/mol. The van der Waals surface area contributed by atoms with E-state index in [2.05, 4.69) is 40.2 Å². The fraction of sp³-hybridized carbons (Fsp3) is 0.571. The molecule has 2 bridgehead atoms. The summed E-state index contributed by atoms with van der Waals surface area (Å²) < 4.78 is 1.17. The van der Waals surface area contributed by atoms with Gasteiger partial charge in [-0.3, -0.25) is 0 Å². The number of aliphatic hydroxyl groups is 1. The molecule has 1 nitrogen and oxygen atoms in total. The Morgan fingerprint density at radius 2 is 1.62 bits per heavy atom. The molecule has 0 radical (unpaired) electrons. The average Bonchev–Trinajstić information content (AvgIpc) is 2.30. The van der Waals surface area contributed by atoms with Crippen LogP contribution in [0, 0.1) is 0 Å². The number of rotatable bonds is 1. The van der Waals surface area contributed by atoms with E-state index in [0.29, 0.717) is 5.41 Å². The van der Waals surface area contributed by atoms with Gasteiger partial charge < -0.3 is 5.11 Å². The summed E-state index contributed by atoms with van der Waals surface area (Å²) in [6.45, 7) is 0. The summed E-state index contributed by atoms with van der Waals surface area (Å²) in [6, 6.07) is 8.72. The predicted octanol–water partition coefficient (Wildman–Crippen LogP) is 3.79. The van der Waals surface area contributed by atoms with Gasteiger partial charge >= 0.3 is 0 Å². The molecule has 1 aromatic carbocycles. The molecule has 0 unspecified atom stereocenters. The van der Waals surface area contributed by atoms with E-state index in [9.17, 15) is 5.11 Å². The molecule has 1 N–H and O–H groups in total. The molecule has 4 rings (SSSR count). The third-order valence-corrected chi connectivity index (χ3v) is 5.14. The molecule has 3 aliphatic rings. The third-order valence-electron chi connectivity index (χ3n) is 4.64. The van der Waals surface area contributed by atoms with Gasteiger partial charge in [-0.15, -0.1) is 0 Å². The highest BCUT2D eigenvalue weighted by atomic mass is 79.9. The van der Waals surface area contributed by atoms with Crippen LogP contribution in [0.4, 0.5) is 0 Å². The second kappa shape index (κ2) is 3.58. The lowest BCUT2D eigenvalue weighted by Gasteiger charge is -2.51. The number of hydrogen-bond donors (Lipinski definition) is 1. The lowest BCUT2D eigenvalue weighted by Crippen LogP contribution is -2.48. The Balaban J connectivity index is 1.95. The molecule has 0 spiro atoms. The molecule has 1 aromatic rings. The minimum Gasteiger partial charge on any atom is -0.390 e. The summed E-state index contributed by atoms with van der Waals surface area (Å²) in [7, 11) is 0. The average molecular weight is 281 g/mol. The molecule has 0 heterocycles. The fourth-order valence-electron chi connectivity index (χ4n) is 3.42. The van der Waals surface area contributed by atoms with Gasteiger partial charge in [0.25, 0.3) is 0 Å². The van der Waals surface area contributed by atoms with Crippen LogP contribution < -0.4 is 0 Å². The van der Waals surface area contributed by atoms with E-state index in [1.54, 1.807) is 0 Å². The van der Waals surface area contributed by atoms with Gasteiger partial charge in [0.05, 0.1) is 5.60 Å². The standard InChI is InChI=1S/C14H17BrO/c15-12-3-1-2-11(10-12)13-4-7-14(16,8-5-13)9-6-13/h1-3,10,16H,4-9H2. The van der Waals surface area contributed by atoms with Crippen molar-refractivity contribution in [3.63, 3.8) is 0 Å². The van der Waals surface area contributed by atoms with Crippen LogP contribution >= 0.6 is 15.9 Å². The van der Waals surface area contributed by atoms with E-state index in [1.165, 1.54) is 10.0 Å². The second-order valence-electron chi connectivity index (χ2n) is 5.52. The predicted molar refractivity (Wildman–Crippen MR) is 68.5 cm³/mol. The summed E-state index contributed by atoms with van der Waals surface area (Å²) in [5.41, 5.74) is 1.49. The fourth-order valence-corrected chi connectivity index (χ4v) is 3.82. The van der Waals surface area contributed by atoms with Crippen LogP contribution in [0.2, 0.25) is 0 Å². The van der Waals surface area contributed by atoms with Crippen molar-refractivity contribution >= 4 is 15.9 Å². The summed E-state index contributed by atoms with van der Waals surface area (Å²) in [4.78, 5) is 0. The summed E-state index contributed by atoms with van der Waals surface area (Å²) in [5, 5.41) is 10.2. The van der Waals surface area contributed by atoms with Gasteiger partial charge in [0, 0.05) is 4.47 Å². The number of benzene rings is 1. The summed E-state index contributed by atoms with van der Waals surface area (Å²) in [5.74, 6) is 0. The largest absolute Gasteiger partial charge is 0.390 e. The zero-order valence-corrected chi connectivity index (χ0v) is 11.0. The van der Waals surface area contributed by atoms with E-state index in [1.807, 2.05) is 0 Å². The summed E-state index contributed by atoms with van der Waals surface area (Å²) >= 11 is 3.56. The van der Waals surface area contributed by atoms with Gasteiger partial charge in [-0.2, -0.15) is 0 Å². The molecule has 3 saturated carbocycles. The maximum atomic E-state index is 10.2. The summed E-state index contributed by atoms with van der Waals surface area (Å²) in [6.07, 6.45) is 6.42.